The second kappa shape index (κ2) is 7.60. The Hall–Kier alpha value is -1.82. The summed E-state index contributed by atoms with van der Waals surface area (Å²) in [7, 11) is 0. The zero-order chi connectivity index (χ0) is 18.8. The first-order valence-corrected chi connectivity index (χ1v) is 9.16. The standard InChI is InChI=1S/C19H26BrN3O2/c1-12(17-11-23(19(4,5)6)22-13(17)2)21-18(24)14(3)25-16-9-7-15(20)8-10-16/h7-12,14H,1-6H3,(H,21,24). The number of amides is 1. The van der Waals surface area contributed by atoms with Gasteiger partial charge in [0.2, 0.25) is 0 Å². The van der Waals surface area contributed by atoms with Gasteiger partial charge in [-0.25, -0.2) is 0 Å². The summed E-state index contributed by atoms with van der Waals surface area (Å²) >= 11 is 3.38. The lowest BCUT2D eigenvalue weighted by atomic mass is 10.1. The molecule has 5 nitrogen and oxygen atoms in total. The van der Waals surface area contributed by atoms with E-state index in [2.05, 4.69) is 47.1 Å². The number of nitrogens with one attached hydrogen (secondary N) is 1. The van der Waals surface area contributed by atoms with Crippen LogP contribution in [-0.4, -0.2) is 21.8 Å². The summed E-state index contributed by atoms with van der Waals surface area (Å²) in [5.74, 6) is 0.508. The van der Waals surface area contributed by atoms with Gasteiger partial charge < -0.3 is 10.1 Å². The van der Waals surface area contributed by atoms with Gasteiger partial charge in [0.25, 0.3) is 5.91 Å². The van der Waals surface area contributed by atoms with Gasteiger partial charge in [-0.3, -0.25) is 9.48 Å². The molecule has 1 amide bonds. The van der Waals surface area contributed by atoms with E-state index in [4.69, 9.17) is 4.74 Å². The fourth-order valence-corrected chi connectivity index (χ4v) is 2.69. The van der Waals surface area contributed by atoms with Gasteiger partial charge in [0.05, 0.1) is 17.3 Å². The largest absolute Gasteiger partial charge is 0.481 e. The Morgan fingerprint density at radius 3 is 2.36 bits per heavy atom. The molecule has 1 N–H and O–H groups in total. The molecular formula is C19H26BrN3O2. The van der Waals surface area contributed by atoms with Crippen LogP contribution < -0.4 is 10.1 Å². The molecule has 0 saturated carbocycles. The van der Waals surface area contributed by atoms with Crippen molar-refractivity contribution < 1.29 is 9.53 Å². The topological polar surface area (TPSA) is 56.2 Å². The highest BCUT2D eigenvalue weighted by molar-refractivity contribution is 9.10. The maximum atomic E-state index is 12.4. The van der Waals surface area contributed by atoms with Crippen LogP contribution >= 0.6 is 15.9 Å². The number of carbonyl (C=O) groups excluding carboxylic acids is 1. The number of nitrogens with zero attached hydrogens (tertiary/aromatic N) is 2. The Balaban J connectivity index is 2.02. The first kappa shape index (κ1) is 19.5. The lowest BCUT2D eigenvalue weighted by Crippen LogP contribution is -2.37. The molecule has 0 aliphatic carbocycles. The smallest absolute Gasteiger partial charge is 0.261 e. The molecule has 136 valence electrons. The Kier molecular flexibility index (Phi) is 5.93. The third kappa shape index (κ3) is 5.08. The Bertz CT molecular complexity index is 732. The summed E-state index contributed by atoms with van der Waals surface area (Å²) in [6, 6.07) is 7.28. The molecule has 0 aliphatic rings. The SMILES string of the molecule is Cc1nn(C(C)(C)C)cc1C(C)NC(=O)C(C)Oc1ccc(Br)cc1. The Morgan fingerprint density at radius 2 is 1.84 bits per heavy atom. The van der Waals surface area contributed by atoms with Crippen LogP contribution in [0.4, 0.5) is 0 Å². The van der Waals surface area contributed by atoms with Crippen LogP contribution in [0.1, 0.15) is 51.9 Å². The van der Waals surface area contributed by atoms with Crippen molar-refractivity contribution in [1.29, 1.82) is 0 Å². The number of rotatable bonds is 5. The van der Waals surface area contributed by atoms with E-state index in [1.807, 2.05) is 49.0 Å². The average Bonchev–Trinajstić information content (AvgIpc) is 2.91. The maximum Gasteiger partial charge on any atom is 0.261 e. The molecule has 1 aromatic carbocycles. The molecule has 1 heterocycles. The fraction of sp³-hybridized carbons (Fsp3) is 0.474. The molecule has 0 fully saturated rings. The van der Waals surface area contributed by atoms with Crippen molar-refractivity contribution in [2.45, 2.75) is 59.2 Å². The number of aromatic nitrogens is 2. The van der Waals surface area contributed by atoms with E-state index < -0.39 is 6.10 Å². The summed E-state index contributed by atoms with van der Waals surface area (Å²) in [5.41, 5.74) is 1.84. The molecular weight excluding hydrogens is 382 g/mol. The van der Waals surface area contributed by atoms with Crippen LogP contribution in [0.2, 0.25) is 0 Å². The molecule has 0 bridgehead atoms. The van der Waals surface area contributed by atoms with E-state index >= 15 is 0 Å². The molecule has 0 aliphatic heterocycles. The summed E-state index contributed by atoms with van der Waals surface area (Å²) < 4.78 is 8.61. The number of ether oxygens (including phenoxy) is 1. The first-order chi connectivity index (χ1) is 11.6. The molecule has 1 aromatic heterocycles. The van der Waals surface area contributed by atoms with E-state index in [1.165, 1.54) is 0 Å². The summed E-state index contributed by atoms with van der Waals surface area (Å²) in [5, 5.41) is 7.57. The lowest BCUT2D eigenvalue weighted by Gasteiger charge is -2.20. The molecule has 25 heavy (non-hydrogen) atoms. The van der Waals surface area contributed by atoms with Crippen LogP contribution in [0.5, 0.6) is 5.75 Å². The number of hydrogen-bond acceptors (Lipinski definition) is 3. The van der Waals surface area contributed by atoms with Crippen molar-refractivity contribution in [3.8, 4) is 5.75 Å². The van der Waals surface area contributed by atoms with Gasteiger partial charge in [-0.05, 0) is 65.8 Å². The minimum absolute atomic E-state index is 0.0925. The van der Waals surface area contributed by atoms with Gasteiger partial charge in [-0.2, -0.15) is 5.10 Å². The minimum atomic E-state index is -0.582. The first-order valence-electron chi connectivity index (χ1n) is 8.37. The Labute approximate surface area is 157 Å². The second-order valence-corrected chi connectivity index (χ2v) is 8.15. The van der Waals surface area contributed by atoms with Gasteiger partial charge in [0.1, 0.15) is 5.75 Å². The molecule has 2 atom stereocenters. The van der Waals surface area contributed by atoms with E-state index in [1.54, 1.807) is 6.92 Å². The van der Waals surface area contributed by atoms with Gasteiger partial charge >= 0.3 is 0 Å². The minimum Gasteiger partial charge on any atom is -0.481 e. The third-order valence-corrected chi connectivity index (χ3v) is 4.47. The number of carbonyl (C=O) groups is 1. The number of halogens is 1. The molecule has 0 radical (unpaired) electrons. The van der Waals surface area contributed by atoms with Crippen molar-refractivity contribution >= 4 is 21.8 Å². The van der Waals surface area contributed by atoms with Crippen molar-refractivity contribution in [3.63, 3.8) is 0 Å². The molecule has 0 spiro atoms. The van der Waals surface area contributed by atoms with E-state index in [0.29, 0.717) is 5.75 Å². The van der Waals surface area contributed by atoms with Gasteiger partial charge in [0, 0.05) is 16.2 Å². The lowest BCUT2D eigenvalue weighted by molar-refractivity contribution is -0.127. The highest BCUT2D eigenvalue weighted by atomic mass is 79.9. The number of aryl methyl sites for hydroxylation is 1. The Morgan fingerprint density at radius 1 is 1.24 bits per heavy atom. The summed E-state index contributed by atoms with van der Waals surface area (Å²) in [4.78, 5) is 12.4. The molecule has 0 saturated heterocycles. The third-order valence-electron chi connectivity index (χ3n) is 3.95. The molecule has 2 aromatic rings. The second-order valence-electron chi connectivity index (χ2n) is 7.23. The normalized spacial score (nSPS) is 14.0. The quantitative estimate of drug-likeness (QED) is 0.800. The summed E-state index contributed by atoms with van der Waals surface area (Å²) in [6.07, 6.45) is 1.42. The predicted molar refractivity (Wildman–Crippen MR) is 103 cm³/mol. The van der Waals surface area contributed by atoms with Crippen LogP contribution in [0, 0.1) is 6.92 Å². The van der Waals surface area contributed by atoms with Crippen molar-refractivity contribution in [3.05, 3.63) is 46.2 Å². The zero-order valence-corrected chi connectivity index (χ0v) is 17.2. The molecule has 2 unspecified atom stereocenters. The highest BCUT2D eigenvalue weighted by Crippen LogP contribution is 2.22. The van der Waals surface area contributed by atoms with Crippen LogP contribution in [0.15, 0.2) is 34.9 Å². The van der Waals surface area contributed by atoms with Crippen LogP contribution in [0.3, 0.4) is 0 Å². The molecule has 6 heteroatoms. The highest BCUT2D eigenvalue weighted by Gasteiger charge is 2.22. The zero-order valence-electron chi connectivity index (χ0n) is 15.6. The number of benzene rings is 1. The van der Waals surface area contributed by atoms with Crippen molar-refractivity contribution in [2.75, 3.05) is 0 Å². The van der Waals surface area contributed by atoms with Gasteiger partial charge in [-0.15, -0.1) is 0 Å². The van der Waals surface area contributed by atoms with Gasteiger partial charge in [-0.1, -0.05) is 15.9 Å². The predicted octanol–water partition coefficient (Wildman–Crippen LogP) is 4.35. The van der Waals surface area contributed by atoms with Crippen molar-refractivity contribution in [1.82, 2.24) is 15.1 Å². The fourth-order valence-electron chi connectivity index (χ4n) is 2.42. The number of hydrogen-bond donors (Lipinski definition) is 1. The van der Waals surface area contributed by atoms with E-state index in [-0.39, 0.29) is 17.5 Å². The monoisotopic (exact) mass is 407 g/mol. The summed E-state index contributed by atoms with van der Waals surface area (Å²) in [6.45, 7) is 12.0. The van der Waals surface area contributed by atoms with Gasteiger partial charge in [0.15, 0.2) is 6.10 Å². The van der Waals surface area contributed by atoms with Crippen LogP contribution in [-0.2, 0) is 10.3 Å². The molecule has 2 rings (SSSR count). The van der Waals surface area contributed by atoms with E-state index in [9.17, 15) is 4.79 Å². The van der Waals surface area contributed by atoms with Crippen molar-refractivity contribution in [2.24, 2.45) is 0 Å². The van der Waals surface area contributed by atoms with E-state index in [0.717, 1.165) is 15.7 Å². The van der Waals surface area contributed by atoms with Crippen LogP contribution in [0.25, 0.3) is 0 Å². The maximum absolute atomic E-state index is 12.4. The average molecular weight is 408 g/mol.